The zero-order valence-corrected chi connectivity index (χ0v) is 15.7. The highest BCUT2D eigenvalue weighted by Crippen LogP contribution is 2.65. The molecule has 0 unspecified atom stereocenters. The number of imide groups is 1. The van der Waals surface area contributed by atoms with Crippen LogP contribution in [0.4, 0.5) is 0 Å². The molecule has 0 radical (unpaired) electrons. The van der Waals surface area contributed by atoms with E-state index in [4.69, 9.17) is 4.74 Å². The fourth-order valence-corrected chi connectivity index (χ4v) is 5.48. The molecule has 1 aromatic rings. The van der Waals surface area contributed by atoms with E-state index in [0.717, 1.165) is 17.5 Å². The average molecular weight is 365 g/mol. The van der Waals surface area contributed by atoms with Crippen molar-refractivity contribution in [2.24, 2.45) is 35.5 Å². The average Bonchev–Trinajstić information content (AvgIpc) is 3.42. The SMILES string of the molecule is Cc1ccc(C)c(OC(=O)[C@H](C)N2C(=O)[C@@H]3[C@@H]4C=C[C@H]([C@H]5C[C@@H]45)[C@@H]3C2=O)c1. The standard InChI is InChI=1S/C22H23NO4/c1-10-4-5-11(2)17(8-10)27-22(26)12(3)23-20(24)18-13-6-7-14(16-9-15(13)16)19(18)21(23)25/h4-8,12-16,18-19H,9H2,1-3H3/t12-,13+,14+,15-,16+,18+,19-/m0/s1. The highest BCUT2D eigenvalue weighted by atomic mass is 16.5. The van der Waals surface area contributed by atoms with Crippen molar-refractivity contribution in [1.29, 1.82) is 0 Å². The summed E-state index contributed by atoms with van der Waals surface area (Å²) in [6.07, 6.45) is 5.39. The van der Waals surface area contributed by atoms with Gasteiger partial charge in [0.2, 0.25) is 11.8 Å². The number of aryl methyl sites for hydroxylation is 2. The van der Waals surface area contributed by atoms with Crippen LogP contribution in [0.25, 0.3) is 0 Å². The van der Waals surface area contributed by atoms with Crippen LogP contribution in [0, 0.1) is 49.4 Å². The van der Waals surface area contributed by atoms with Crippen LogP contribution in [0.5, 0.6) is 5.75 Å². The molecule has 3 fully saturated rings. The Labute approximate surface area is 158 Å². The van der Waals surface area contributed by atoms with Gasteiger partial charge in [0.05, 0.1) is 11.8 Å². The van der Waals surface area contributed by atoms with E-state index in [1.807, 2.05) is 26.0 Å². The van der Waals surface area contributed by atoms with E-state index < -0.39 is 12.0 Å². The number of amides is 2. The van der Waals surface area contributed by atoms with Gasteiger partial charge in [0, 0.05) is 0 Å². The van der Waals surface area contributed by atoms with Crippen LogP contribution < -0.4 is 4.74 Å². The van der Waals surface area contributed by atoms with Crippen LogP contribution in [0.15, 0.2) is 30.4 Å². The Morgan fingerprint density at radius 1 is 1.07 bits per heavy atom. The Morgan fingerprint density at radius 2 is 1.67 bits per heavy atom. The fourth-order valence-electron chi connectivity index (χ4n) is 5.48. The molecule has 5 nitrogen and oxygen atoms in total. The summed E-state index contributed by atoms with van der Waals surface area (Å²) in [6, 6.07) is 4.72. The number of allylic oxidation sites excluding steroid dienone is 2. The van der Waals surface area contributed by atoms with Crippen LogP contribution in [-0.4, -0.2) is 28.7 Å². The van der Waals surface area contributed by atoms with Gasteiger partial charge in [-0.2, -0.15) is 0 Å². The third-order valence-electron chi connectivity index (χ3n) is 6.98. The summed E-state index contributed by atoms with van der Waals surface area (Å²) in [4.78, 5) is 40.1. The maximum Gasteiger partial charge on any atom is 0.334 e. The van der Waals surface area contributed by atoms with Gasteiger partial charge in [-0.05, 0) is 68.1 Å². The second kappa shape index (κ2) is 5.54. The number of benzene rings is 1. The number of carbonyl (C=O) groups is 3. The number of hydrogen-bond donors (Lipinski definition) is 0. The number of hydrogen-bond acceptors (Lipinski definition) is 4. The molecule has 1 saturated heterocycles. The van der Waals surface area contributed by atoms with E-state index >= 15 is 0 Å². The lowest BCUT2D eigenvalue weighted by Gasteiger charge is -2.37. The van der Waals surface area contributed by atoms with E-state index in [2.05, 4.69) is 12.2 Å². The van der Waals surface area contributed by atoms with Crippen molar-refractivity contribution in [3.8, 4) is 5.75 Å². The summed E-state index contributed by atoms with van der Waals surface area (Å²) in [6.45, 7) is 5.38. The zero-order valence-electron chi connectivity index (χ0n) is 15.7. The summed E-state index contributed by atoms with van der Waals surface area (Å²) in [5.41, 5.74) is 1.83. The smallest absolute Gasteiger partial charge is 0.334 e. The van der Waals surface area contributed by atoms with Crippen molar-refractivity contribution < 1.29 is 19.1 Å². The van der Waals surface area contributed by atoms with E-state index in [9.17, 15) is 14.4 Å². The normalized spacial score (nSPS) is 36.5. The molecule has 0 spiro atoms. The first-order valence-corrected chi connectivity index (χ1v) is 9.72. The van der Waals surface area contributed by atoms with Crippen LogP contribution in [0.1, 0.15) is 24.5 Å². The molecule has 0 aromatic heterocycles. The van der Waals surface area contributed by atoms with E-state index in [1.165, 1.54) is 4.90 Å². The van der Waals surface area contributed by atoms with Crippen molar-refractivity contribution in [2.75, 3.05) is 0 Å². The largest absolute Gasteiger partial charge is 0.425 e. The Hall–Kier alpha value is -2.43. The molecule has 140 valence electrons. The highest BCUT2D eigenvalue weighted by molar-refractivity contribution is 6.08. The Balaban J connectivity index is 1.39. The predicted molar refractivity (Wildman–Crippen MR) is 97.6 cm³/mol. The van der Waals surface area contributed by atoms with Gasteiger partial charge in [0.25, 0.3) is 0 Å². The number of ether oxygens (including phenoxy) is 1. The van der Waals surface area contributed by atoms with Gasteiger partial charge in [-0.1, -0.05) is 24.3 Å². The van der Waals surface area contributed by atoms with Gasteiger partial charge in [0.15, 0.2) is 0 Å². The predicted octanol–water partition coefficient (Wildman–Crippen LogP) is 2.65. The first kappa shape index (κ1) is 16.7. The second-order valence-corrected chi connectivity index (χ2v) is 8.57. The molecule has 0 N–H and O–H groups in total. The third-order valence-corrected chi connectivity index (χ3v) is 6.98. The molecule has 1 aromatic carbocycles. The van der Waals surface area contributed by atoms with Crippen molar-refractivity contribution in [3.63, 3.8) is 0 Å². The lowest BCUT2D eigenvalue weighted by atomic mass is 9.63. The molecule has 2 amide bonds. The molecule has 1 heterocycles. The van der Waals surface area contributed by atoms with Gasteiger partial charge in [0.1, 0.15) is 11.8 Å². The minimum absolute atomic E-state index is 0.161. The van der Waals surface area contributed by atoms with Crippen molar-refractivity contribution >= 4 is 17.8 Å². The first-order chi connectivity index (χ1) is 12.9. The molecule has 6 rings (SSSR count). The maximum absolute atomic E-state index is 13.1. The fraction of sp³-hybridized carbons (Fsp3) is 0.500. The lowest BCUT2D eigenvalue weighted by molar-refractivity contribution is -0.152. The Bertz CT molecular complexity index is 868. The summed E-state index contributed by atoms with van der Waals surface area (Å²) >= 11 is 0. The Kier molecular flexibility index (Phi) is 3.43. The van der Waals surface area contributed by atoms with E-state index in [-0.39, 0.29) is 35.5 Å². The summed E-state index contributed by atoms with van der Waals surface area (Å²) in [7, 11) is 0. The van der Waals surface area contributed by atoms with Gasteiger partial charge in [-0.3, -0.25) is 14.5 Å². The molecule has 27 heavy (non-hydrogen) atoms. The molecule has 5 heteroatoms. The topological polar surface area (TPSA) is 63.7 Å². The molecule has 2 bridgehead atoms. The summed E-state index contributed by atoms with van der Waals surface area (Å²) in [5, 5.41) is 0. The van der Waals surface area contributed by atoms with Crippen LogP contribution in [0.3, 0.4) is 0 Å². The molecule has 1 aliphatic heterocycles. The van der Waals surface area contributed by atoms with Crippen molar-refractivity contribution in [1.82, 2.24) is 4.90 Å². The van der Waals surface area contributed by atoms with Crippen molar-refractivity contribution in [2.45, 2.75) is 33.2 Å². The highest BCUT2D eigenvalue weighted by Gasteiger charge is 2.67. The van der Waals surface area contributed by atoms with Gasteiger partial charge >= 0.3 is 5.97 Å². The third kappa shape index (κ3) is 2.27. The number of likely N-dealkylation sites (tertiary alicyclic amines) is 1. The molecule has 7 atom stereocenters. The monoisotopic (exact) mass is 365 g/mol. The van der Waals surface area contributed by atoms with Gasteiger partial charge in [-0.25, -0.2) is 4.79 Å². The van der Waals surface area contributed by atoms with Gasteiger partial charge < -0.3 is 4.74 Å². The van der Waals surface area contributed by atoms with Gasteiger partial charge in [-0.15, -0.1) is 0 Å². The summed E-state index contributed by atoms with van der Waals surface area (Å²) < 4.78 is 5.55. The molecule has 4 aliphatic carbocycles. The first-order valence-electron chi connectivity index (χ1n) is 9.72. The quantitative estimate of drug-likeness (QED) is 0.358. The number of rotatable bonds is 3. The molecular formula is C22H23NO4. The number of carbonyl (C=O) groups excluding carboxylic acids is 3. The Morgan fingerprint density at radius 3 is 2.26 bits per heavy atom. The van der Waals surface area contributed by atoms with E-state index in [0.29, 0.717) is 17.6 Å². The van der Waals surface area contributed by atoms with Crippen LogP contribution >= 0.6 is 0 Å². The molecular weight excluding hydrogens is 342 g/mol. The molecule has 2 saturated carbocycles. The lowest BCUT2D eigenvalue weighted by Crippen LogP contribution is -2.45. The van der Waals surface area contributed by atoms with Crippen molar-refractivity contribution in [3.05, 3.63) is 41.5 Å². The second-order valence-electron chi connectivity index (χ2n) is 8.57. The maximum atomic E-state index is 13.1. The number of nitrogens with zero attached hydrogens (tertiary/aromatic N) is 1. The minimum Gasteiger partial charge on any atom is -0.425 e. The zero-order chi connectivity index (χ0) is 19.0. The minimum atomic E-state index is -0.911. The van der Waals surface area contributed by atoms with E-state index in [1.54, 1.807) is 13.0 Å². The number of esters is 1. The van der Waals surface area contributed by atoms with Crippen LogP contribution in [0.2, 0.25) is 0 Å². The summed E-state index contributed by atoms with van der Waals surface area (Å²) in [5.74, 6) is 0.383. The van der Waals surface area contributed by atoms with Crippen LogP contribution in [-0.2, 0) is 14.4 Å². The molecule has 5 aliphatic rings.